The van der Waals surface area contributed by atoms with E-state index in [1.165, 1.54) is 27.2 Å². The van der Waals surface area contributed by atoms with Crippen LogP contribution < -0.4 is 0 Å². The maximum Gasteiger partial charge on any atom is 0.0972 e. The molecule has 0 unspecified atom stereocenters. The molecule has 0 aliphatic carbocycles. The lowest BCUT2D eigenvalue weighted by Crippen LogP contribution is -1.94. The Morgan fingerprint density at radius 3 is 1.85 bits per heavy atom. The lowest BCUT2D eigenvalue weighted by molar-refractivity contribution is 1.18. The molecule has 0 saturated heterocycles. The second-order valence-electron chi connectivity index (χ2n) is 13.6. The molecular formula is C49H30N4. The van der Waals surface area contributed by atoms with Crippen molar-refractivity contribution in [2.24, 2.45) is 0 Å². The third-order valence-electron chi connectivity index (χ3n) is 10.6. The highest BCUT2D eigenvalue weighted by Crippen LogP contribution is 2.42. The van der Waals surface area contributed by atoms with Crippen LogP contribution in [0.25, 0.3) is 105 Å². The Morgan fingerprint density at radius 1 is 0.377 bits per heavy atom. The Morgan fingerprint density at radius 2 is 1.04 bits per heavy atom. The molecule has 4 heterocycles. The molecule has 7 aromatic carbocycles. The largest absolute Gasteiger partial charge is 0.309 e. The highest BCUT2D eigenvalue weighted by molar-refractivity contribution is 6.29. The summed E-state index contributed by atoms with van der Waals surface area (Å²) < 4.78 is 2.38. The van der Waals surface area contributed by atoms with Gasteiger partial charge in [-0.1, -0.05) is 133 Å². The van der Waals surface area contributed by atoms with Crippen molar-refractivity contribution < 1.29 is 0 Å². The van der Waals surface area contributed by atoms with Gasteiger partial charge in [-0.2, -0.15) is 0 Å². The molecule has 11 aromatic rings. The van der Waals surface area contributed by atoms with Crippen molar-refractivity contribution in [3.05, 3.63) is 182 Å². The third kappa shape index (κ3) is 4.66. The molecular weight excluding hydrogens is 645 g/mol. The zero-order valence-corrected chi connectivity index (χ0v) is 28.6. The maximum atomic E-state index is 5.30. The van der Waals surface area contributed by atoms with Crippen LogP contribution in [0.1, 0.15) is 0 Å². The summed E-state index contributed by atoms with van der Waals surface area (Å²) in [7, 11) is 0. The van der Waals surface area contributed by atoms with E-state index < -0.39 is 0 Å². The van der Waals surface area contributed by atoms with Gasteiger partial charge < -0.3 is 4.57 Å². The van der Waals surface area contributed by atoms with Gasteiger partial charge in [0.2, 0.25) is 0 Å². The molecule has 0 atom stereocenters. The monoisotopic (exact) mass is 674 g/mol. The first-order valence-corrected chi connectivity index (χ1v) is 17.9. The number of aromatic nitrogens is 4. The third-order valence-corrected chi connectivity index (χ3v) is 10.6. The normalized spacial score (nSPS) is 11.8. The van der Waals surface area contributed by atoms with E-state index in [4.69, 9.17) is 9.97 Å². The minimum absolute atomic E-state index is 0.928. The summed E-state index contributed by atoms with van der Waals surface area (Å²) in [6.07, 6.45) is 1.83. The van der Waals surface area contributed by atoms with Gasteiger partial charge in [-0.25, -0.2) is 9.97 Å². The maximum absolute atomic E-state index is 5.30. The van der Waals surface area contributed by atoms with Gasteiger partial charge in [0.1, 0.15) is 0 Å². The van der Waals surface area contributed by atoms with E-state index in [9.17, 15) is 0 Å². The van der Waals surface area contributed by atoms with Crippen LogP contribution in [0.2, 0.25) is 0 Å². The number of para-hydroxylation sites is 3. The SMILES string of the molecule is c1ccc(-n2c3ccccc3c3c4c(ccc32)c(-c2ccc(-c3ccc(-c5ccc6ccc7cccnc7c6n5)cc3)cc2)nc2ccccc24)cc1. The van der Waals surface area contributed by atoms with Crippen LogP contribution >= 0.6 is 0 Å². The molecule has 4 nitrogen and oxygen atoms in total. The van der Waals surface area contributed by atoms with Crippen LogP contribution in [0.3, 0.4) is 0 Å². The lowest BCUT2D eigenvalue weighted by Gasteiger charge is -2.13. The van der Waals surface area contributed by atoms with Crippen LogP contribution in [-0.2, 0) is 0 Å². The number of pyridine rings is 3. The van der Waals surface area contributed by atoms with Crippen LogP contribution in [-0.4, -0.2) is 19.5 Å². The van der Waals surface area contributed by atoms with E-state index in [0.717, 1.165) is 77.4 Å². The fourth-order valence-corrected chi connectivity index (χ4v) is 8.11. The molecule has 0 aliphatic heterocycles. The van der Waals surface area contributed by atoms with Gasteiger partial charge in [-0.05, 0) is 53.6 Å². The molecule has 11 rings (SSSR count). The summed E-state index contributed by atoms with van der Waals surface area (Å²) in [4.78, 5) is 15.0. The fraction of sp³-hybridized carbons (Fsp3) is 0. The van der Waals surface area contributed by atoms with Crippen molar-refractivity contribution in [1.29, 1.82) is 0 Å². The van der Waals surface area contributed by atoms with Gasteiger partial charge >= 0.3 is 0 Å². The summed E-state index contributed by atoms with van der Waals surface area (Å²) in [6, 6.07) is 62.5. The van der Waals surface area contributed by atoms with Crippen LogP contribution in [0.4, 0.5) is 0 Å². The lowest BCUT2D eigenvalue weighted by atomic mass is 9.95. The smallest absolute Gasteiger partial charge is 0.0972 e. The molecule has 0 fully saturated rings. The molecule has 0 spiro atoms. The van der Waals surface area contributed by atoms with E-state index in [-0.39, 0.29) is 0 Å². The zero-order valence-electron chi connectivity index (χ0n) is 28.6. The Balaban J connectivity index is 1.01. The molecule has 0 aliphatic rings. The second kappa shape index (κ2) is 11.7. The molecule has 4 aromatic heterocycles. The van der Waals surface area contributed by atoms with Crippen molar-refractivity contribution in [3.8, 4) is 39.3 Å². The summed E-state index contributed by atoms with van der Waals surface area (Å²) in [5.41, 5.74) is 12.8. The minimum Gasteiger partial charge on any atom is -0.309 e. The Kier molecular flexibility index (Phi) is 6.52. The Hall–Kier alpha value is -7.17. The topological polar surface area (TPSA) is 43.6 Å². The standard InChI is InChI=1S/C49H30N4/c1-2-10-37(11-3-1)53-43-15-7-5-13-39(43)46-44(53)29-27-40-45(46)38-12-4-6-14-42(38)52-47(40)35-22-18-32(19-23-35)31-16-20-33(21-17-31)41-28-26-36-25-24-34-9-8-30-50-48(34)49(36)51-41/h1-30H. The highest BCUT2D eigenvalue weighted by Gasteiger charge is 2.19. The van der Waals surface area contributed by atoms with Crippen LogP contribution in [0, 0.1) is 0 Å². The van der Waals surface area contributed by atoms with Crippen molar-refractivity contribution in [3.63, 3.8) is 0 Å². The van der Waals surface area contributed by atoms with E-state index in [1.807, 2.05) is 12.3 Å². The molecule has 0 radical (unpaired) electrons. The Bertz CT molecular complexity index is 3200. The average molecular weight is 675 g/mol. The number of fused-ring (bicyclic) bond motifs is 10. The van der Waals surface area contributed by atoms with Gasteiger partial charge in [-0.15, -0.1) is 0 Å². The van der Waals surface area contributed by atoms with Crippen LogP contribution in [0.15, 0.2) is 182 Å². The molecule has 0 saturated carbocycles. The summed E-state index contributed by atoms with van der Waals surface area (Å²) in [5, 5.41) is 8.23. The van der Waals surface area contributed by atoms with E-state index in [1.54, 1.807) is 0 Å². The number of rotatable bonds is 4. The molecule has 246 valence electrons. The van der Waals surface area contributed by atoms with Crippen molar-refractivity contribution in [2.75, 3.05) is 0 Å². The van der Waals surface area contributed by atoms with Gasteiger partial charge in [0.05, 0.1) is 39.0 Å². The van der Waals surface area contributed by atoms with E-state index in [0.29, 0.717) is 0 Å². The van der Waals surface area contributed by atoms with Gasteiger partial charge in [-0.3, -0.25) is 4.98 Å². The first-order valence-electron chi connectivity index (χ1n) is 17.9. The van der Waals surface area contributed by atoms with Crippen molar-refractivity contribution in [1.82, 2.24) is 19.5 Å². The molecule has 53 heavy (non-hydrogen) atoms. The second-order valence-corrected chi connectivity index (χ2v) is 13.6. The summed E-state index contributed by atoms with van der Waals surface area (Å²) in [6.45, 7) is 0. The van der Waals surface area contributed by atoms with Crippen molar-refractivity contribution >= 4 is 65.3 Å². The first kappa shape index (κ1) is 29.5. The van der Waals surface area contributed by atoms with E-state index >= 15 is 0 Å². The van der Waals surface area contributed by atoms with Gasteiger partial charge in [0.15, 0.2) is 0 Å². The predicted octanol–water partition coefficient (Wildman–Crippen LogP) is 12.6. The van der Waals surface area contributed by atoms with Gasteiger partial charge in [0.25, 0.3) is 0 Å². The Labute approximate surface area is 305 Å². The number of nitrogens with zero attached hydrogens (tertiary/aromatic N) is 4. The quantitative estimate of drug-likeness (QED) is 0.175. The predicted molar refractivity (Wildman–Crippen MR) is 220 cm³/mol. The average Bonchev–Trinajstić information content (AvgIpc) is 3.58. The highest BCUT2D eigenvalue weighted by atomic mass is 15.0. The van der Waals surface area contributed by atoms with Gasteiger partial charge in [0, 0.05) is 60.7 Å². The molecule has 0 N–H and O–H groups in total. The number of hydrogen-bond donors (Lipinski definition) is 0. The van der Waals surface area contributed by atoms with Crippen molar-refractivity contribution in [2.45, 2.75) is 0 Å². The zero-order chi connectivity index (χ0) is 34.9. The number of benzene rings is 7. The minimum atomic E-state index is 0.928. The molecule has 4 heteroatoms. The summed E-state index contributed by atoms with van der Waals surface area (Å²) >= 11 is 0. The molecule has 0 bridgehead atoms. The van der Waals surface area contributed by atoms with Crippen LogP contribution in [0.5, 0.6) is 0 Å². The van der Waals surface area contributed by atoms with E-state index in [2.05, 4.69) is 179 Å². The first-order chi connectivity index (χ1) is 26.3. The molecule has 0 amide bonds. The number of hydrogen-bond acceptors (Lipinski definition) is 3. The summed E-state index contributed by atoms with van der Waals surface area (Å²) in [5.74, 6) is 0. The fourth-order valence-electron chi connectivity index (χ4n) is 8.11.